The van der Waals surface area contributed by atoms with E-state index in [0.29, 0.717) is 42.3 Å². The molecule has 0 N–H and O–H groups in total. The molecule has 3 heterocycles. The summed E-state index contributed by atoms with van der Waals surface area (Å²) in [5.74, 6) is 1.06. The summed E-state index contributed by atoms with van der Waals surface area (Å²) < 4.78 is 33.0. The molecule has 0 aliphatic carbocycles. The van der Waals surface area contributed by atoms with E-state index in [-0.39, 0.29) is 17.9 Å². The fourth-order valence-corrected chi connectivity index (χ4v) is 5.55. The first kappa shape index (κ1) is 26.7. The average molecular weight is 564 g/mol. The summed E-state index contributed by atoms with van der Waals surface area (Å²) >= 11 is 5.86. The predicted molar refractivity (Wildman–Crippen MR) is 150 cm³/mol. The van der Waals surface area contributed by atoms with Crippen LogP contribution in [0.2, 0.25) is 5.02 Å². The summed E-state index contributed by atoms with van der Waals surface area (Å²) in [6.07, 6.45) is 2.57. The van der Waals surface area contributed by atoms with E-state index in [0.717, 1.165) is 55.1 Å². The zero-order valence-corrected chi connectivity index (χ0v) is 23.1. The summed E-state index contributed by atoms with van der Waals surface area (Å²) in [6, 6.07) is 16.4. The van der Waals surface area contributed by atoms with E-state index in [2.05, 4.69) is 21.6 Å². The van der Waals surface area contributed by atoms with Crippen LogP contribution in [0.25, 0.3) is 11.0 Å². The van der Waals surface area contributed by atoms with Crippen LogP contribution in [-0.4, -0.2) is 53.4 Å². The van der Waals surface area contributed by atoms with Gasteiger partial charge >= 0.3 is 5.97 Å². The molecular weight excluding hydrogens is 533 g/mol. The van der Waals surface area contributed by atoms with Gasteiger partial charge in [-0.05, 0) is 72.0 Å². The van der Waals surface area contributed by atoms with Crippen LogP contribution < -0.4 is 4.74 Å². The minimum absolute atomic E-state index is 0.154. The first-order valence-electron chi connectivity index (χ1n) is 13.6. The molecule has 0 amide bonds. The second-order valence-electron chi connectivity index (χ2n) is 10.3. The van der Waals surface area contributed by atoms with E-state index >= 15 is 0 Å². The van der Waals surface area contributed by atoms with Crippen LogP contribution in [0.15, 0.2) is 54.6 Å². The number of aromatic nitrogens is 2. The number of imidazole rings is 1. The molecule has 40 heavy (non-hydrogen) atoms. The Balaban J connectivity index is 1.16. The number of fused-ring (bicyclic) bond motifs is 2. The molecule has 1 fully saturated rings. The van der Waals surface area contributed by atoms with Crippen molar-refractivity contribution in [1.29, 1.82) is 0 Å². The molecular formula is C31H31ClFN3O4. The van der Waals surface area contributed by atoms with Crippen molar-refractivity contribution in [2.24, 2.45) is 0 Å². The molecule has 0 unspecified atom stereocenters. The number of rotatable bonds is 9. The monoisotopic (exact) mass is 563 g/mol. The van der Waals surface area contributed by atoms with Crippen LogP contribution in [0.3, 0.4) is 0 Å². The molecule has 0 bridgehead atoms. The zero-order chi connectivity index (χ0) is 27.6. The standard InChI is InChI=1S/C31H31ClFN3O4/c1-38-31(37)22-4-7-28-29(15-22)36(18-26-10-13-40-26)30(34-28)19-35-11-8-20-3-6-25(14-23(20)17-35)39-12-9-21-2-5-24(32)16-27(21)33/h2-7,14-16,26H,8-13,17-19H2,1H3/t26-/m0/s1. The first-order chi connectivity index (χ1) is 19.5. The molecule has 1 aromatic heterocycles. The Bertz CT molecular complexity index is 1550. The number of benzene rings is 3. The van der Waals surface area contributed by atoms with Crippen LogP contribution in [0.4, 0.5) is 4.39 Å². The third-order valence-electron chi connectivity index (χ3n) is 7.72. The quantitative estimate of drug-likeness (QED) is 0.248. The van der Waals surface area contributed by atoms with Crippen molar-refractivity contribution in [2.75, 3.05) is 26.9 Å². The molecule has 0 saturated carbocycles. The number of halogens is 2. The van der Waals surface area contributed by atoms with Gasteiger partial charge in [-0.3, -0.25) is 4.90 Å². The number of methoxy groups -OCH3 is 1. The highest BCUT2D eigenvalue weighted by Gasteiger charge is 2.25. The van der Waals surface area contributed by atoms with E-state index in [1.54, 1.807) is 18.2 Å². The Labute approximate surface area is 237 Å². The van der Waals surface area contributed by atoms with Gasteiger partial charge in [0.15, 0.2) is 0 Å². The molecule has 9 heteroatoms. The van der Waals surface area contributed by atoms with Gasteiger partial charge in [-0.15, -0.1) is 0 Å². The number of nitrogens with zero attached hydrogens (tertiary/aromatic N) is 3. The van der Waals surface area contributed by atoms with Crippen molar-refractivity contribution < 1.29 is 23.4 Å². The number of hydrogen-bond donors (Lipinski definition) is 0. The van der Waals surface area contributed by atoms with Gasteiger partial charge in [-0.1, -0.05) is 23.7 Å². The van der Waals surface area contributed by atoms with Crippen LogP contribution in [0, 0.1) is 5.82 Å². The number of carbonyl (C=O) groups is 1. The normalized spacial score (nSPS) is 16.9. The van der Waals surface area contributed by atoms with Crippen molar-refractivity contribution >= 4 is 28.6 Å². The van der Waals surface area contributed by atoms with Crippen LogP contribution >= 0.6 is 11.6 Å². The summed E-state index contributed by atoms with van der Waals surface area (Å²) in [4.78, 5) is 19.5. The second kappa shape index (κ2) is 11.6. The number of esters is 1. The molecule has 3 aromatic carbocycles. The highest BCUT2D eigenvalue weighted by atomic mass is 35.5. The number of ether oxygens (including phenoxy) is 3. The highest BCUT2D eigenvalue weighted by molar-refractivity contribution is 6.30. The van der Waals surface area contributed by atoms with E-state index in [1.165, 1.54) is 24.3 Å². The molecule has 4 aromatic rings. The maximum Gasteiger partial charge on any atom is 0.337 e. The Morgan fingerprint density at radius 2 is 2.02 bits per heavy atom. The Hall–Kier alpha value is -3.46. The Morgan fingerprint density at radius 1 is 1.15 bits per heavy atom. The van der Waals surface area contributed by atoms with E-state index in [4.69, 9.17) is 30.8 Å². The molecule has 0 spiro atoms. The summed E-state index contributed by atoms with van der Waals surface area (Å²) in [5, 5.41) is 0.388. The maximum absolute atomic E-state index is 14.1. The fraction of sp³-hybridized carbons (Fsp3) is 0.355. The molecule has 1 saturated heterocycles. The molecule has 1 atom stereocenters. The van der Waals surface area contributed by atoms with E-state index in [1.807, 2.05) is 18.2 Å². The number of hydrogen-bond acceptors (Lipinski definition) is 6. The lowest BCUT2D eigenvalue weighted by atomic mass is 9.99. The van der Waals surface area contributed by atoms with Gasteiger partial charge in [-0.25, -0.2) is 14.2 Å². The Kier molecular flexibility index (Phi) is 7.74. The molecule has 7 nitrogen and oxygen atoms in total. The average Bonchev–Trinajstić information content (AvgIpc) is 3.27. The maximum atomic E-state index is 14.1. The van der Waals surface area contributed by atoms with Crippen molar-refractivity contribution in [3.63, 3.8) is 0 Å². The summed E-state index contributed by atoms with van der Waals surface area (Å²) in [6.45, 7) is 4.22. The summed E-state index contributed by atoms with van der Waals surface area (Å²) in [7, 11) is 1.39. The zero-order valence-electron chi connectivity index (χ0n) is 22.4. The van der Waals surface area contributed by atoms with E-state index < -0.39 is 0 Å². The highest BCUT2D eigenvalue weighted by Crippen LogP contribution is 2.28. The Morgan fingerprint density at radius 3 is 2.80 bits per heavy atom. The largest absolute Gasteiger partial charge is 0.493 e. The van der Waals surface area contributed by atoms with Crippen molar-refractivity contribution in [3.8, 4) is 5.75 Å². The third-order valence-corrected chi connectivity index (χ3v) is 7.95. The van der Waals surface area contributed by atoms with E-state index in [9.17, 15) is 9.18 Å². The first-order valence-corrected chi connectivity index (χ1v) is 13.9. The van der Waals surface area contributed by atoms with Gasteiger partial charge in [0.1, 0.15) is 17.4 Å². The molecule has 2 aliphatic rings. The second-order valence-corrected chi connectivity index (χ2v) is 10.8. The lowest BCUT2D eigenvalue weighted by molar-refractivity contribution is -0.0592. The fourth-order valence-electron chi connectivity index (χ4n) is 5.39. The SMILES string of the molecule is COC(=O)c1ccc2nc(CN3CCc4ccc(OCCc5ccc(Cl)cc5F)cc4C3)n(C[C@@H]3CCO3)c2c1. The van der Waals surface area contributed by atoms with Gasteiger partial charge in [0, 0.05) is 31.1 Å². The minimum atomic E-state index is -0.361. The molecule has 6 rings (SSSR count). The van der Waals surface area contributed by atoms with Gasteiger partial charge in [0.05, 0.1) is 49.5 Å². The topological polar surface area (TPSA) is 65.8 Å². The predicted octanol–water partition coefficient (Wildman–Crippen LogP) is 5.58. The number of carbonyl (C=O) groups excluding carboxylic acids is 1. The van der Waals surface area contributed by atoms with Gasteiger partial charge < -0.3 is 18.8 Å². The minimum Gasteiger partial charge on any atom is -0.493 e. The van der Waals surface area contributed by atoms with Gasteiger partial charge in [0.2, 0.25) is 0 Å². The smallest absolute Gasteiger partial charge is 0.337 e. The van der Waals surface area contributed by atoms with Crippen molar-refractivity contribution in [2.45, 2.75) is 45.0 Å². The molecule has 0 radical (unpaired) electrons. The molecule has 208 valence electrons. The summed E-state index contributed by atoms with van der Waals surface area (Å²) in [5.41, 5.74) is 5.40. The lowest BCUT2D eigenvalue weighted by Gasteiger charge is -2.30. The van der Waals surface area contributed by atoms with Gasteiger partial charge in [-0.2, -0.15) is 0 Å². The third kappa shape index (κ3) is 5.70. The van der Waals surface area contributed by atoms with Gasteiger partial charge in [0.25, 0.3) is 0 Å². The molecule has 2 aliphatic heterocycles. The lowest BCUT2D eigenvalue weighted by Crippen LogP contribution is -2.34. The van der Waals surface area contributed by atoms with Crippen LogP contribution in [0.5, 0.6) is 5.75 Å². The van der Waals surface area contributed by atoms with Crippen LogP contribution in [0.1, 0.15) is 39.3 Å². The van der Waals surface area contributed by atoms with Crippen molar-refractivity contribution in [1.82, 2.24) is 14.5 Å². The van der Waals surface area contributed by atoms with Crippen LogP contribution in [-0.2, 0) is 41.9 Å². The van der Waals surface area contributed by atoms with Crippen molar-refractivity contribution in [3.05, 3.63) is 93.5 Å².